The van der Waals surface area contributed by atoms with Gasteiger partial charge >= 0.3 is 5.97 Å². The summed E-state index contributed by atoms with van der Waals surface area (Å²) < 4.78 is 0. The minimum absolute atomic E-state index is 0.0287. The van der Waals surface area contributed by atoms with Crippen LogP contribution in [-0.2, 0) is 9.59 Å². The fourth-order valence-electron chi connectivity index (χ4n) is 1.18. The first kappa shape index (κ1) is 13.9. The number of amides is 1. The summed E-state index contributed by atoms with van der Waals surface area (Å²) in [5.41, 5.74) is 0. The van der Waals surface area contributed by atoms with E-state index in [9.17, 15) is 9.59 Å². The van der Waals surface area contributed by atoms with Gasteiger partial charge in [0.25, 0.3) is 0 Å². The molecule has 0 aliphatic carbocycles. The van der Waals surface area contributed by atoms with E-state index in [4.69, 9.17) is 5.11 Å². The molecule has 0 rings (SSSR count). The second-order valence-corrected chi connectivity index (χ2v) is 3.84. The first-order valence-electron chi connectivity index (χ1n) is 5.57. The lowest BCUT2D eigenvalue weighted by atomic mass is 10.1. The highest BCUT2D eigenvalue weighted by Gasteiger charge is 2.10. The lowest BCUT2D eigenvalue weighted by Gasteiger charge is -2.07. The number of aliphatic carboxylic acids is 1. The van der Waals surface area contributed by atoms with E-state index < -0.39 is 5.97 Å². The molecule has 0 saturated carbocycles. The Bertz CT molecular complexity index is 204. The third kappa shape index (κ3) is 7.97. The highest BCUT2D eigenvalue weighted by atomic mass is 16.4. The van der Waals surface area contributed by atoms with Crippen LogP contribution in [0.2, 0.25) is 0 Å². The SMILES string of the molecule is CCCCCC(=O)NCCC(C)C(=O)O. The molecule has 0 bridgehead atoms. The van der Waals surface area contributed by atoms with Gasteiger partial charge in [-0.05, 0) is 12.8 Å². The van der Waals surface area contributed by atoms with E-state index in [1.54, 1.807) is 6.92 Å². The molecule has 0 heterocycles. The maximum Gasteiger partial charge on any atom is 0.306 e. The minimum atomic E-state index is -0.810. The number of carbonyl (C=O) groups excluding carboxylic acids is 1. The van der Waals surface area contributed by atoms with Crippen LogP contribution in [-0.4, -0.2) is 23.5 Å². The third-order valence-electron chi connectivity index (χ3n) is 2.33. The summed E-state index contributed by atoms with van der Waals surface area (Å²) in [4.78, 5) is 21.7. The number of hydrogen-bond acceptors (Lipinski definition) is 2. The van der Waals surface area contributed by atoms with Gasteiger partial charge < -0.3 is 10.4 Å². The van der Waals surface area contributed by atoms with E-state index in [1.165, 1.54) is 0 Å². The van der Waals surface area contributed by atoms with Gasteiger partial charge in [0.1, 0.15) is 0 Å². The highest BCUT2D eigenvalue weighted by molar-refractivity contribution is 5.75. The molecule has 1 atom stereocenters. The summed E-state index contributed by atoms with van der Waals surface area (Å²) in [5, 5.41) is 11.3. The minimum Gasteiger partial charge on any atom is -0.481 e. The van der Waals surface area contributed by atoms with Crippen LogP contribution in [0.5, 0.6) is 0 Å². The summed E-state index contributed by atoms with van der Waals surface area (Å²) in [6.45, 7) is 4.19. The van der Waals surface area contributed by atoms with E-state index in [0.29, 0.717) is 19.4 Å². The lowest BCUT2D eigenvalue weighted by Crippen LogP contribution is -2.26. The van der Waals surface area contributed by atoms with Gasteiger partial charge in [-0.25, -0.2) is 0 Å². The molecule has 1 unspecified atom stereocenters. The van der Waals surface area contributed by atoms with E-state index in [1.807, 2.05) is 0 Å². The summed E-state index contributed by atoms with van der Waals surface area (Å²) in [5.74, 6) is -1.17. The molecule has 4 nitrogen and oxygen atoms in total. The molecule has 0 spiro atoms. The smallest absolute Gasteiger partial charge is 0.306 e. The van der Waals surface area contributed by atoms with Gasteiger partial charge in [0, 0.05) is 13.0 Å². The van der Waals surface area contributed by atoms with E-state index in [2.05, 4.69) is 12.2 Å². The largest absolute Gasteiger partial charge is 0.481 e. The van der Waals surface area contributed by atoms with Gasteiger partial charge in [-0.3, -0.25) is 9.59 Å². The molecule has 1 amide bonds. The molecular weight excluding hydrogens is 194 g/mol. The van der Waals surface area contributed by atoms with Crippen molar-refractivity contribution in [1.82, 2.24) is 5.32 Å². The first-order chi connectivity index (χ1) is 7.07. The predicted molar refractivity (Wildman–Crippen MR) is 58.6 cm³/mol. The topological polar surface area (TPSA) is 66.4 Å². The summed E-state index contributed by atoms with van der Waals surface area (Å²) >= 11 is 0. The number of carbonyl (C=O) groups is 2. The normalized spacial score (nSPS) is 12.1. The predicted octanol–water partition coefficient (Wildman–Crippen LogP) is 1.79. The number of nitrogens with one attached hydrogen (secondary N) is 1. The van der Waals surface area contributed by atoms with Crippen molar-refractivity contribution in [2.75, 3.05) is 6.54 Å². The zero-order valence-electron chi connectivity index (χ0n) is 9.58. The van der Waals surface area contributed by atoms with Gasteiger partial charge in [-0.2, -0.15) is 0 Å². The van der Waals surface area contributed by atoms with Crippen molar-refractivity contribution in [3.8, 4) is 0 Å². The Morgan fingerprint density at radius 3 is 2.53 bits per heavy atom. The van der Waals surface area contributed by atoms with Gasteiger partial charge in [0.05, 0.1) is 5.92 Å². The van der Waals surface area contributed by atoms with Gasteiger partial charge in [-0.15, -0.1) is 0 Å². The second-order valence-electron chi connectivity index (χ2n) is 3.84. The summed E-state index contributed by atoms with van der Waals surface area (Å²) in [6, 6.07) is 0. The Labute approximate surface area is 91.1 Å². The number of hydrogen-bond donors (Lipinski definition) is 2. The Hall–Kier alpha value is -1.06. The molecule has 0 aromatic rings. The zero-order chi connectivity index (χ0) is 11.7. The van der Waals surface area contributed by atoms with Crippen LogP contribution in [0.15, 0.2) is 0 Å². The van der Waals surface area contributed by atoms with Crippen LogP contribution < -0.4 is 5.32 Å². The third-order valence-corrected chi connectivity index (χ3v) is 2.33. The van der Waals surface area contributed by atoms with Crippen LogP contribution in [0.4, 0.5) is 0 Å². The summed E-state index contributed by atoms with van der Waals surface area (Å²) in [6.07, 6.45) is 4.13. The van der Waals surface area contributed by atoms with Gasteiger partial charge in [0.2, 0.25) is 5.91 Å². The van der Waals surface area contributed by atoms with Crippen LogP contribution in [0, 0.1) is 5.92 Å². The van der Waals surface area contributed by atoms with Gasteiger partial charge in [-0.1, -0.05) is 26.7 Å². The van der Waals surface area contributed by atoms with Crippen LogP contribution in [0.3, 0.4) is 0 Å². The van der Waals surface area contributed by atoms with E-state index >= 15 is 0 Å². The molecule has 0 aliphatic rings. The number of carboxylic acid groups (broad SMARTS) is 1. The van der Waals surface area contributed by atoms with Crippen molar-refractivity contribution in [1.29, 1.82) is 0 Å². The average Bonchev–Trinajstić information content (AvgIpc) is 2.18. The summed E-state index contributed by atoms with van der Waals surface area (Å²) in [7, 11) is 0. The molecule has 0 aromatic heterocycles. The van der Waals surface area contributed by atoms with Crippen LogP contribution in [0.25, 0.3) is 0 Å². The highest BCUT2D eigenvalue weighted by Crippen LogP contribution is 2.01. The van der Waals surface area contributed by atoms with Crippen molar-refractivity contribution in [2.45, 2.75) is 46.0 Å². The molecular formula is C11H21NO3. The van der Waals surface area contributed by atoms with Crippen LogP contribution >= 0.6 is 0 Å². The Morgan fingerprint density at radius 2 is 2.00 bits per heavy atom. The van der Waals surface area contributed by atoms with Crippen molar-refractivity contribution in [3.05, 3.63) is 0 Å². The quantitative estimate of drug-likeness (QED) is 0.607. The zero-order valence-corrected chi connectivity index (χ0v) is 9.58. The van der Waals surface area contributed by atoms with E-state index in [0.717, 1.165) is 19.3 Å². The monoisotopic (exact) mass is 215 g/mol. The maximum atomic E-state index is 11.2. The van der Waals surface area contributed by atoms with Crippen molar-refractivity contribution in [2.24, 2.45) is 5.92 Å². The maximum absolute atomic E-state index is 11.2. The Morgan fingerprint density at radius 1 is 1.33 bits per heavy atom. The number of rotatable bonds is 8. The van der Waals surface area contributed by atoms with Gasteiger partial charge in [0.15, 0.2) is 0 Å². The molecule has 15 heavy (non-hydrogen) atoms. The molecule has 2 N–H and O–H groups in total. The average molecular weight is 215 g/mol. The lowest BCUT2D eigenvalue weighted by molar-refractivity contribution is -0.141. The van der Waals surface area contributed by atoms with Crippen molar-refractivity contribution >= 4 is 11.9 Å². The molecule has 0 radical (unpaired) electrons. The van der Waals surface area contributed by atoms with Crippen molar-refractivity contribution in [3.63, 3.8) is 0 Å². The fourth-order valence-corrected chi connectivity index (χ4v) is 1.18. The molecule has 0 aromatic carbocycles. The second kappa shape index (κ2) is 8.26. The Balaban J connectivity index is 3.42. The molecule has 0 saturated heterocycles. The molecule has 0 fully saturated rings. The van der Waals surface area contributed by atoms with Crippen LogP contribution in [0.1, 0.15) is 46.0 Å². The van der Waals surface area contributed by atoms with E-state index in [-0.39, 0.29) is 11.8 Å². The fraction of sp³-hybridized carbons (Fsp3) is 0.818. The first-order valence-corrected chi connectivity index (χ1v) is 5.57. The Kier molecular flexibility index (Phi) is 7.68. The van der Waals surface area contributed by atoms with Crippen molar-refractivity contribution < 1.29 is 14.7 Å². The molecule has 88 valence electrons. The molecule has 0 aliphatic heterocycles. The number of unbranched alkanes of at least 4 members (excludes halogenated alkanes) is 2. The number of carboxylic acids is 1. The standard InChI is InChI=1S/C11H21NO3/c1-3-4-5-6-10(13)12-8-7-9(2)11(14)15/h9H,3-8H2,1-2H3,(H,12,13)(H,14,15). The molecule has 4 heteroatoms.